The fourth-order valence-electron chi connectivity index (χ4n) is 1.95. The van der Waals surface area contributed by atoms with Crippen molar-refractivity contribution in [1.29, 1.82) is 0 Å². The normalized spacial score (nSPS) is 11.8. The molecule has 0 aliphatic carbocycles. The molecule has 0 aliphatic rings. The molecular formula is C14H24N2O3S. The molecule has 0 unspecified atom stereocenters. The molecule has 0 heterocycles. The molecule has 0 fully saturated rings. The van der Waals surface area contributed by atoms with Crippen LogP contribution in [0.5, 0.6) is 0 Å². The Labute approximate surface area is 121 Å². The van der Waals surface area contributed by atoms with Gasteiger partial charge in [-0.3, -0.25) is 0 Å². The molecule has 2 N–H and O–H groups in total. The minimum atomic E-state index is -3.46. The predicted octanol–water partition coefficient (Wildman–Crippen LogP) is 1.28. The van der Waals surface area contributed by atoms with Gasteiger partial charge in [-0.15, -0.1) is 0 Å². The largest absolute Gasteiger partial charge is 0.380 e. The Kier molecular flexibility index (Phi) is 7.15. The lowest BCUT2D eigenvalue weighted by atomic mass is 10.1. The first-order chi connectivity index (χ1) is 9.55. The second-order valence-corrected chi connectivity index (χ2v) is 6.18. The van der Waals surface area contributed by atoms with E-state index in [0.29, 0.717) is 24.7 Å². The van der Waals surface area contributed by atoms with Gasteiger partial charge in [0.2, 0.25) is 10.0 Å². The molecule has 1 rings (SSSR count). The molecule has 0 aromatic heterocycles. The van der Waals surface area contributed by atoms with E-state index in [0.717, 1.165) is 17.5 Å². The predicted molar refractivity (Wildman–Crippen MR) is 80.3 cm³/mol. The zero-order valence-corrected chi connectivity index (χ0v) is 13.2. The third-order valence-corrected chi connectivity index (χ3v) is 4.44. The van der Waals surface area contributed by atoms with Crippen molar-refractivity contribution < 1.29 is 13.2 Å². The number of aryl methyl sites for hydroxylation is 1. The summed E-state index contributed by atoms with van der Waals surface area (Å²) >= 11 is 0. The molecule has 5 nitrogen and oxygen atoms in total. The van der Waals surface area contributed by atoms with Gasteiger partial charge in [-0.2, -0.15) is 0 Å². The molecular weight excluding hydrogens is 276 g/mol. The molecule has 114 valence electrons. The van der Waals surface area contributed by atoms with Gasteiger partial charge in [0, 0.05) is 19.7 Å². The summed E-state index contributed by atoms with van der Waals surface area (Å²) in [5, 5.41) is 3.06. The van der Waals surface area contributed by atoms with E-state index in [4.69, 9.17) is 4.74 Å². The van der Waals surface area contributed by atoms with Crippen LogP contribution in [0.4, 0.5) is 0 Å². The first kappa shape index (κ1) is 17.1. The lowest BCUT2D eigenvalue weighted by Crippen LogP contribution is -2.27. The van der Waals surface area contributed by atoms with Crippen LogP contribution in [0.15, 0.2) is 23.1 Å². The van der Waals surface area contributed by atoms with Crippen molar-refractivity contribution in [2.24, 2.45) is 0 Å². The van der Waals surface area contributed by atoms with Crippen molar-refractivity contribution in [1.82, 2.24) is 10.0 Å². The first-order valence-corrected chi connectivity index (χ1v) is 8.37. The number of hydrogen-bond acceptors (Lipinski definition) is 4. The number of hydrogen-bond donors (Lipinski definition) is 2. The quantitative estimate of drug-likeness (QED) is 0.674. The summed E-state index contributed by atoms with van der Waals surface area (Å²) in [7, 11) is -1.62. The van der Waals surface area contributed by atoms with E-state index in [9.17, 15) is 8.42 Å². The zero-order valence-electron chi connectivity index (χ0n) is 12.4. The fourth-order valence-corrected chi connectivity index (χ4v) is 3.01. The highest BCUT2D eigenvalue weighted by Gasteiger charge is 2.15. The molecule has 0 bridgehead atoms. The fraction of sp³-hybridized carbons (Fsp3) is 0.571. The van der Waals surface area contributed by atoms with Crippen LogP contribution >= 0.6 is 0 Å². The summed E-state index contributed by atoms with van der Waals surface area (Å²) in [6, 6.07) is 5.27. The summed E-state index contributed by atoms with van der Waals surface area (Å²) < 4.78 is 32.0. The van der Waals surface area contributed by atoms with Crippen LogP contribution in [-0.2, 0) is 27.7 Å². The second-order valence-electron chi connectivity index (χ2n) is 4.41. The lowest BCUT2D eigenvalue weighted by molar-refractivity contribution is 0.153. The molecule has 0 radical (unpaired) electrons. The Balaban J connectivity index is 2.86. The van der Waals surface area contributed by atoms with Crippen LogP contribution < -0.4 is 10.0 Å². The summed E-state index contributed by atoms with van der Waals surface area (Å²) in [5.41, 5.74) is 2.18. The van der Waals surface area contributed by atoms with Gasteiger partial charge in [0.1, 0.15) is 0 Å². The highest BCUT2D eigenvalue weighted by atomic mass is 32.2. The first-order valence-electron chi connectivity index (χ1n) is 6.89. The van der Waals surface area contributed by atoms with Gasteiger partial charge < -0.3 is 10.1 Å². The molecule has 20 heavy (non-hydrogen) atoms. The van der Waals surface area contributed by atoms with Crippen molar-refractivity contribution in [3.63, 3.8) is 0 Å². The van der Waals surface area contributed by atoms with Crippen LogP contribution in [0.2, 0.25) is 0 Å². The number of benzene rings is 1. The molecule has 0 saturated heterocycles. The smallest absolute Gasteiger partial charge is 0.240 e. The van der Waals surface area contributed by atoms with E-state index in [1.165, 1.54) is 0 Å². The standard InChI is InChI=1S/C14H24N2O3S/c1-4-12-6-7-14(10-13(12)11-15-3)20(17,18)16-8-9-19-5-2/h6-7,10,15-16H,4-5,8-9,11H2,1-3H3. The third kappa shape index (κ3) is 4.86. The van der Waals surface area contributed by atoms with Crippen LogP contribution in [0.1, 0.15) is 25.0 Å². The second kappa shape index (κ2) is 8.36. The van der Waals surface area contributed by atoms with Gasteiger partial charge in [0.05, 0.1) is 11.5 Å². The molecule has 0 amide bonds. The average molecular weight is 300 g/mol. The Bertz CT molecular complexity index is 515. The summed E-state index contributed by atoms with van der Waals surface area (Å²) in [5.74, 6) is 0. The van der Waals surface area contributed by atoms with E-state index in [2.05, 4.69) is 17.0 Å². The molecule has 6 heteroatoms. The Morgan fingerprint density at radius 3 is 2.55 bits per heavy atom. The average Bonchev–Trinajstić information content (AvgIpc) is 2.44. The number of ether oxygens (including phenoxy) is 1. The number of sulfonamides is 1. The van der Waals surface area contributed by atoms with Crippen LogP contribution in [0.3, 0.4) is 0 Å². The van der Waals surface area contributed by atoms with Crippen molar-refractivity contribution in [2.45, 2.75) is 31.7 Å². The minimum absolute atomic E-state index is 0.285. The SMILES string of the molecule is CCOCCNS(=O)(=O)c1ccc(CC)c(CNC)c1. The summed E-state index contributed by atoms with van der Waals surface area (Å²) in [4.78, 5) is 0.302. The van der Waals surface area contributed by atoms with Crippen molar-refractivity contribution >= 4 is 10.0 Å². The van der Waals surface area contributed by atoms with Crippen LogP contribution in [0, 0.1) is 0 Å². The zero-order chi connectivity index (χ0) is 15.0. The van der Waals surface area contributed by atoms with Gasteiger partial charge in [-0.25, -0.2) is 13.1 Å². The van der Waals surface area contributed by atoms with E-state index in [-0.39, 0.29) is 6.54 Å². The topological polar surface area (TPSA) is 67.4 Å². The van der Waals surface area contributed by atoms with Gasteiger partial charge >= 0.3 is 0 Å². The molecule has 0 spiro atoms. The van der Waals surface area contributed by atoms with Crippen molar-refractivity contribution in [2.75, 3.05) is 26.8 Å². The van der Waals surface area contributed by atoms with E-state index < -0.39 is 10.0 Å². The Morgan fingerprint density at radius 2 is 1.95 bits per heavy atom. The minimum Gasteiger partial charge on any atom is -0.380 e. The maximum atomic E-state index is 12.2. The molecule has 0 aliphatic heterocycles. The van der Waals surface area contributed by atoms with Gasteiger partial charge in [0.25, 0.3) is 0 Å². The van der Waals surface area contributed by atoms with E-state index in [1.807, 2.05) is 20.0 Å². The van der Waals surface area contributed by atoms with Crippen LogP contribution in [0.25, 0.3) is 0 Å². The van der Waals surface area contributed by atoms with Crippen LogP contribution in [-0.4, -0.2) is 35.2 Å². The molecule has 0 atom stereocenters. The molecule has 1 aromatic rings. The Morgan fingerprint density at radius 1 is 1.20 bits per heavy atom. The number of rotatable bonds is 9. The Hall–Kier alpha value is -0.950. The summed E-state index contributed by atoms with van der Waals surface area (Å²) in [6.07, 6.45) is 0.884. The third-order valence-electron chi connectivity index (χ3n) is 2.98. The highest BCUT2D eigenvalue weighted by molar-refractivity contribution is 7.89. The van der Waals surface area contributed by atoms with Crippen molar-refractivity contribution in [3.05, 3.63) is 29.3 Å². The number of nitrogens with one attached hydrogen (secondary N) is 2. The molecule has 0 saturated carbocycles. The molecule has 1 aromatic carbocycles. The van der Waals surface area contributed by atoms with Gasteiger partial charge in [0.15, 0.2) is 0 Å². The van der Waals surface area contributed by atoms with E-state index >= 15 is 0 Å². The van der Waals surface area contributed by atoms with Gasteiger partial charge in [-0.05, 0) is 43.7 Å². The maximum absolute atomic E-state index is 12.2. The van der Waals surface area contributed by atoms with Gasteiger partial charge in [-0.1, -0.05) is 13.0 Å². The van der Waals surface area contributed by atoms with E-state index in [1.54, 1.807) is 12.1 Å². The lowest BCUT2D eigenvalue weighted by Gasteiger charge is -2.11. The maximum Gasteiger partial charge on any atom is 0.240 e. The highest BCUT2D eigenvalue weighted by Crippen LogP contribution is 2.16. The van der Waals surface area contributed by atoms with Crippen molar-refractivity contribution in [3.8, 4) is 0 Å². The monoisotopic (exact) mass is 300 g/mol. The summed E-state index contributed by atoms with van der Waals surface area (Å²) in [6.45, 7) is 5.84.